The van der Waals surface area contributed by atoms with Crippen LogP contribution in [0.2, 0.25) is 0 Å². The molecule has 3 aromatic rings. The van der Waals surface area contributed by atoms with Crippen molar-refractivity contribution in [1.29, 1.82) is 5.26 Å². The summed E-state index contributed by atoms with van der Waals surface area (Å²) in [5, 5.41) is 23.8. The van der Waals surface area contributed by atoms with Gasteiger partial charge in [-0.25, -0.2) is 0 Å². The lowest BCUT2D eigenvalue weighted by Gasteiger charge is -2.33. The van der Waals surface area contributed by atoms with Gasteiger partial charge in [0.2, 0.25) is 5.91 Å². The van der Waals surface area contributed by atoms with Crippen LogP contribution in [0.25, 0.3) is 0 Å². The van der Waals surface area contributed by atoms with E-state index >= 15 is 0 Å². The van der Waals surface area contributed by atoms with E-state index in [9.17, 15) is 20.0 Å². The van der Waals surface area contributed by atoms with Crippen molar-refractivity contribution in [3.05, 3.63) is 88.5 Å². The summed E-state index contributed by atoms with van der Waals surface area (Å²) in [6.07, 6.45) is 1.91. The van der Waals surface area contributed by atoms with Crippen LogP contribution in [0, 0.1) is 11.3 Å². The van der Waals surface area contributed by atoms with E-state index in [4.69, 9.17) is 4.74 Å². The van der Waals surface area contributed by atoms with Gasteiger partial charge in [-0.1, -0.05) is 42.5 Å². The fraction of sp³-hybridized carbons (Fsp3) is 0.300. The maximum Gasteiger partial charge on any atom is 0.262 e. The number of phenolic OH excluding ortho intramolecular Hbond substituents is 1. The molecule has 2 aliphatic heterocycles. The van der Waals surface area contributed by atoms with E-state index in [1.54, 1.807) is 11.8 Å². The molecule has 1 atom stereocenters. The molecular weight excluding hydrogens is 480 g/mol. The van der Waals surface area contributed by atoms with Gasteiger partial charge < -0.3 is 25.0 Å². The lowest BCUT2D eigenvalue weighted by atomic mass is 10.0. The minimum absolute atomic E-state index is 0.0478. The third kappa shape index (κ3) is 5.28. The maximum absolute atomic E-state index is 13.7. The number of anilines is 1. The predicted octanol–water partition coefficient (Wildman–Crippen LogP) is 4.42. The minimum atomic E-state index is -0.363. The normalized spacial score (nSPS) is 16.5. The van der Waals surface area contributed by atoms with Crippen molar-refractivity contribution in [3.63, 3.8) is 0 Å². The monoisotopic (exact) mass is 510 g/mol. The number of phenols is 1. The minimum Gasteiger partial charge on any atom is -0.507 e. The second-order valence-electron chi connectivity index (χ2n) is 9.81. The Morgan fingerprint density at radius 2 is 1.92 bits per heavy atom. The molecule has 194 valence electrons. The molecule has 0 aliphatic carbocycles. The molecule has 0 saturated carbocycles. The summed E-state index contributed by atoms with van der Waals surface area (Å²) < 4.78 is 5.95. The molecule has 0 radical (unpaired) electrons. The van der Waals surface area contributed by atoms with Gasteiger partial charge in [0.15, 0.2) is 0 Å². The zero-order valence-corrected chi connectivity index (χ0v) is 21.3. The highest BCUT2D eigenvalue weighted by molar-refractivity contribution is 6.00. The Morgan fingerprint density at radius 1 is 1.11 bits per heavy atom. The molecule has 2 amide bonds. The fourth-order valence-electron chi connectivity index (χ4n) is 5.19. The topological polar surface area (TPSA) is 106 Å². The van der Waals surface area contributed by atoms with Crippen LogP contribution >= 0.6 is 0 Å². The van der Waals surface area contributed by atoms with Crippen molar-refractivity contribution in [1.82, 2.24) is 9.80 Å². The van der Waals surface area contributed by atoms with Crippen LogP contribution in [0.4, 0.5) is 5.69 Å². The highest BCUT2D eigenvalue weighted by Gasteiger charge is 2.31. The number of benzene rings is 3. The number of nitriles is 1. The Labute approximate surface area is 222 Å². The van der Waals surface area contributed by atoms with E-state index in [2.05, 4.69) is 5.32 Å². The zero-order chi connectivity index (χ0) is 26.6. The zero-order valence-electron chi connectivity index (χ0n) is 21.3. The molecule has 5 rings (SSSR count). The number of rotatable bonds is 6. The van der Waals surface area contributed by atoms with E-state index in [0.717, 1.165) is 41.8 Å². The van der Waals surface area contributed by atoms with Gasteiger partial charge in [0.05, 0.1) is 11.6 Å². The Morgan fingerprint density at radius 3 is 2.68 bits per heavy atom. The molecule has 2 aliphatic rings. The second kappa shape index (κ2) is 10.9. The predicted molar refractivity (Wildman–Crippen MR) is 143 cm³/mol. The van der Waals surface area contributed by atoms with Gasteiger partial charge in [-0.3, -0.25) is 9.59 Å². The summed E-state index contributed by atoms with van der Waals surface area (Å²) in [5.41, 5.74) is 4.18. The standard InChI is InChI=1S/C30H30N4O4/c1-20(35)33-12-6-10-24(17-33)32-26-11-5-9-23-16-34(18-25(23)26)30(37)29-27(36)13-22(15-31)14-28(29)38-19-21-7-3-2-4-8-21/h2-5,7-9,11,13-14,24,32,36H,6,10,12,16-19H2,1H3/t24-/m0/s1. The molecule has 0 aromatic heterocycles. The molecule has 0 unspecified atom stereocenters. The van der Waals surface area contributed by atoms with Crippen molar-refractivity contribution >= 4 is 17.5 Å². The number of carbonyl (C=O) groups is 2. The maximum atomic E-state index is 13.7. The van der Waals surface area contributed by atoms with Crippen molar-refractivity contribution in [2.24, 2.45) is 0 Å². The third-order valence-electron chi connectivity index (χ3n) is 7.16. The molecule has 1 saturated heterocycles. The van der Waals surface area contributed by atoms with E-state index in [1.807, 2.05) is 59.5 Å². The van der Waals surface area contributed by atoms with Crippen molar-refractivity contribution in [2.75, 3.05) is 18.4 Å². The molecule has 1 fully saturated rings. The van der Waals surface area contributed by atoms with Crippen LogP contribution in [0.1, 0.15) is 52.4 Å². The summed E-state index contributed by atoms with van der Waals surface area (Å²) in [6.45, 7) is 4.00. The van der Waals surface area contributed by atoms with Crippen LogP contribution in [-0.4, -0.2) is 45.9 Å². The van der Waals surface area contributed by atoms with Crippen LogP contribution in [0.5, 0.6) is 11.5 Å². The Hall–Kier alpha value is -4.51. The van der Waals surface area contributed by atoms with Crippen molar-refractivity contribution in [3.8, 4) is 17.6 Å². The van der Waals surface area contributed by atoms with Crippen LogP contribution in [0.15, 0.2) is 60.7 Å². The number of hydrogen-bond acceptors (Lipinski definition) is 6. The number of hydrogen-bond donors (Lipinski definition) is 2. The van der Waals surface area contributed by atoms with E-state index in [1.165, 1.54) is 12.1 Å². The number of carbonyl (C=O) groups excluding carboxylic acids is 2. The first-order valence-corrected chi connectivity index (χ1v) is 12.8. The van der Waals surface area contributed by atoms with E-state index < -0.39 is 0 Å². The molecule has 0 bridgehead atoms. The number of ether oxygens (including phenoxy) is 1. The quantitative estimate of drug-likeness (QED) is 0.509. The van der Waals surface area contributed by atoms with Crippen molar-refractivity contribution in [2.45, 2.75) is 45.5 Å². The number of piperidine rings is 1. The summed E-state index contributed by atoms with van der Waals surface area (Å²) in [7, 11) is 0. The summed E-state index contributed by atoms with van der Waals surface area (Å²) >= 11 is 0. The molecule has 0 spiro atoms. The summed E-state index contributed by atoms with van der Waals surface area (Å²) in [6, 6.07) is 20.4. The number of amides is 2. The van der Waals surface area contributed by atoms with Gasteiger partial charge in [0.25, 0.3) is 5.91 Å². The number of nitrogens with one attached hydrogen (secondary N) is 1. The lowest BCUT2D eigenvalue weighted by Crippen LogP contribution is -2.44. The summed E-state index contributed by atoms with van der Waals surface area (Å²) in [4.78, 5) is 29.1. The second-order valence-corrected chi connectivity index (χ2v) is 9.81. The first kappa shape index (κ1) is 25.2. The Balaban J connectivity index is 1.36. The highest BCUT2D eigenvalue weighted by atomic mass is 16.5. The van der Waals surface area contributed by atoms with Gasteiger partial charge in [0.1, 0.15) is 23.7 Å². The molecule has 3 aromatic carbocycles. The first-order valence-electron chi connectivity index (χ1n) is 12.8. The molecule has 8 nitrogen and oxygen atoms in total. The summed E-state index contributed by atoms with van der Waals surface area (Å²) in [5.74, 6) is -0.383. The molecule has 38 heavy (non-hydrogen) atoms. The molecular formula is C30H30N4O4. The first-order chi connectivity index (χ1) is 18.4. The Bertz CT molecular complexity index is 1400. The van der Waals surface area contributed by atoms with Gasteiger partial charge in [-0.2, -0.15) is 5.26 Å². The average Bonchev–Trinajstić information content (AvgIpc) is 3.37. The SMILES string of the molecule is CC(=O)N1CCC[C@H](Nc2cccc3c2CN(C(=O)c2c(O)cc(C#N)cc2OCc2ccccc2)C3)C1. The van der Waals surface area contributed by atoms with Gasteiger partial charge in [-0.15, -0.1) is 0 Å². The number of nitrogens with zero attached hydrogens (tertiary/aromatic N) is 3. The van der Waals surface area contributed by atoms with Crippen LogP contribution in [-0.2, 0) is 24.5 Å². The van der Waals surface area contributed by atoms with Crippen LogP contribution in [0.3, 0.4) is 0 Å². The highest BCUT2D eigenvalue weighted by Crippen LogP contribution is 2.36. The number of fused-ring (bicyclic) bond motifs is 1. The smallest absolute Gasteiger partial charge is 0.262 e. The van der Waals surface area contributed by atoms with E-state index in [0.29, 0.717) is 19.6 Å². The third-order valence-corrected chi connectivity index (χ3v) is 7.16. The lowest BCUT2D eigenvalue weighted by molar-refractivity contribution is -0.129. The van der Waals surface area contributed by atoms with Crippen molar-refractivity contribution < 1.29 is 19.4 Å². The molecule has 2 N–H and O–H groups in total. The van der Waals surface area contributed by atoms with E-state index in [-0.39, 0.29) is 47.1 Å². The fourth-order valence-corrected chi connectivity index (χ4v) is 5.19. The Kier molecular flexibility index (Phi) is 7.18. The van der Waals surface area contributed by atoms with Crippen LogP contribution < -0.4 is 10.1 Å². The van der Waals surface area contributed by atoms with Gasteiger partial charge in [-0.05, 0) is 47.7 Å². The largest absolute Gasteiger partial charge is 0.507 e. The van der Waals surface area contributed by atoms with Gasteiger partial charge >= 0.3 is 0 Å². The molecule has 2 heterocycles. The average molecular weight is 511 g/mol. The molecule has 8 heteroatoms. The number of likely N-dealkylation sites (tertiary alicyclic amines) is 1. The number of aromatic hydroxyl groups is 1. The van der Waals surface area contributed by atoms with Gasteiger partial charge in [0, 0.05) is 44.8 Å².